The number of para-hydroxylation sites is 1. The van der Waals surface area contributed by atoms with E-state index in [1.807, 2.05) is 41.1 Å². The molecule has 2 aromatic carbocycles. The smallest absolute Gasteiger partial charge is 0.270 e. The van der Waals surface area contributed by atoms with Crippen LogP contribution in [-0.2, 0) is 21.4 Å². The summed E-state index contributed by atoms with van der Waals surface area (Å²) in [5.74, 6) is -0.0219. The number of carbonyl (C=O) groups is 1. The topological polar surface area (TPSA) is 106 Å². The number of rotatable bonds is 6. The maximum atomic E-state index is 13.1. The lowest BCUT2D eigenvalue weighted by atomic mass is 10.2. The first-order chi connectivity index (χ1) is 15.3. The molecule has 4 rings (SSSR count). The van der Waals surface area contributed by atoms with Crippen LogP contribution < -0.4 is 0 Å². The quantitative estimate of drug-likeness (QED) is 0.419. The Hall–Kier alpha value is -3.24. The minimum atomic E-state index is -3.88. The second-order valence-electron chi connectivity index (χ2n) is 7.81. The third-order valence-electron chi connectivity index (χ3n) is 5.84. The standard InChI is InChI=1S/C22H24N4O5S/c1-17-6-7-19(26(28)29)16-21(17)32(30,31)25-14-12-24(13-15-25)22(27)9-11-23-10-8-18-4-2-3-5-20(18)23/h2-8,10,16H,9,11-15H2,1H3. The predicted octanol–water partition coefficient (Wildman–Crippen LogP) is 2.78. The van der Waals surface area contributed by atoms with Crippen LogP contribution in [0.25, 0.3) is 10.9 Å². The van der Waals surface area contributed by atoms with Crippen LogP contribution in [0.1, 0.15) is 12.0 Å². The van der Waals surface area contributed by atoms with Gasteiger partial charge in [0.1, 0.15) is 0 Å². The molecule has 0 unspecified atom stereocenters. The number of fused-ring (bicyclic) bond motifs is 1. The van der Waals surface area contributed by atoms with Gasteiger partial charge in [0, 0.05) is 63.0 Å². The van der Waals surface area contributed by atoms with E-state index in [-0.39, 0.29) is 29.6 Å². The molecule has 2 heterocycles. The molecule has 1 aromatic heterocycles. The fourth-order valence-corrected chi connectivity index (χ4v) is 5.67. The molecule has 1 saturated heterocycles. The Morgan fingerprint density at radius 1 is 1.06 bits per heavy atom. The van der Waals surface area contributed by atoms with E-state index in [1.54, 1.807) is 11.8 Å². The summed E-state index contributed by atoms with van der Waals surface area (Å²) in [6.45, 7) is 3.06. The van der Waals surface area contributed by atoms with Gasteiger partial charge in [-0.2, -0.15) is 4.31 Å². The third kappa shape index (κ3) is 4.23. The Bertz CT molecular complexity index is 1280. The molecule has 1 fully saturated rings. The Labute approximate surface area is 186 Å². The van der Waals surface area contributed by atoms with Crippen molar-refractivity contribution < 1.29 is 18.1 Å². The van der Waals surface area contributed by atoms with Crippen molar-refractivity contribution in [1.82, 2.24) is 13.8 Å². The molecular formula is C22H24N4O5S. The second kappa shape index (κ2) is 8.71. The van der Waals surface area contributed by atoms with Gasteiger partial charge in [-0.1, -0.05) is 24.3 Å². The van der Waals surface area contributed by atoms with Gasteiger partial charge in [0.05, 0.1) is 9.82 Å². The molecule has 0 radical (unpaired) electrons. The normalized spacial score (nSPS) is 15.2. The van der Waals surface area contributed by atoms with Crippen molar-refractivity contribution in [3.05, 3.63) is 70.4 Å². The first-order valence-electron chi connectivity index (χ1n) is 10.3. The molecule has 1 aliphatic rings. The lowest BCUT2D eigenvalue weighted by molar-refractivity contribution is -0.385. The van der Waals surface area contributed by atoms with Crippen molar-refractivity contribution >= 4 is 32.5 Å². The SMILES string of the molecule is Cc1ccc([N+](=O)[O-])cc1S(=O)(=O)N1CCN(C(=O)CCn2ccc3ccccc32)CC1. The molecule has 168 valence electrons. The zero-order chi connectivity index (χ0) is 22.9. The average Bonchev–Trinajstić information content (AvgIpc) is 3.20. The van der Waals surface area contributed by atoms with Crippen LogP contribution in [0.15, 0.2) is 59.6 Å². The number of hydrogen-bond donors (Lipinski definition) is 0. The minimum Gasteiger partial charge on any atom is -0.347 e. The molecule has 0 saturated carbocycles. The maximum absolute atomic E-state index is 13.1. The molecule has 0 spiro atoms. The van der Waals surface area contributed by atoms with Crippen molar-refractivity contribution in [2.75, 3.05) is 26.2 Å². The van der Waals surface area contributed by atoms with Gasteiger partial charge in [-0.05, 0) is 30.0 Å². The number of non-ortho nitro benzene ring substituents is 1. The highest BCUT2D eigenvalue weighted by molar-refractivity contribution is 7.89. The molecule has 3 aromatic rings. The van der Waals surface area contributed by atoms with Crippen LogP contribution in [0.4, 0.5) is 5.69 Å². The van der Waals surface area contributed by atoms with Crippen molar-refractivity contribution in [2.45, 2.75) is 24.8 Å². The fourth-order valence-electron chi connectivity index (χ4n) is 4.01. The van der Waals surface area contributed by atoms with Gasteiger partial charge in [-0.15, -0.1) is 0 Å². The van der Waals surface area contributed by atoms with Crippen molar-refractivity contribution in [3.8, 4) is 0 Å². The highest BCUT2D eigenvalue weighted by Gasteiger charge is 2.32. The highest BCUT2D eigenvalue weighted by atomic mass is 32.2. The summed E-state index contributed by atoms with van der Waals surface area (Å²) in [7, 11) is -3.88. The Morgan fingerprint density at radius 3 is 2.50 bits per heavy atom. The number of aromatic nitrogens is 1. The lowest BCUT2D eigenvalue weighted by Crippen LogP contribution is -2.50. The van der Waals surface area contributed by atoms with Crippen molar-refractivity contribution in [1.29, 1.82) is 0 Å². The zero-order valence-corrected chi connectivity index (χ0v) is 18.5. The first-order valence-corrected chi connectivity index (χ1v) is 11.8. The number of nitro groups is 1. The van der Waals surface area contributed by atoms with Gasteiger partial charge in [-0.25, -0.2) is 8.42 Å². The van der Waals surface area contributed by atoms with Crippen LogP contribution in [0.2, 0.25) is 0 Å². The summed E-state index contributed by atoms with van der Waals surface area (Å²) < 4.78 is 29.5. The summed E-state index contributed by atoms with van der Waals surface area (Å²) in [6, 6.07) is 13.8. The largest absolute Gasteiger partial charge is 0.347 e. The van der Waals surface area contributed by atoms with Gasteiger partial charge >= 0.3 is 0 Å². The number of aryl methyl sites for hydroxylation is 2. The number of piperazine rings is 1. The minimum absolute atomic E-state index is 0.0219. The van der Waals surface area contributed by atoms with E-state index < -0.39 is 14.9 Å². The molecule has 0 atom stereocenters. The molecule has 1 aliphatic heterocycles. The van der Waals surface area contributed by atoms with Gasteiger partial charge in [0.2, 0.25) is 15.9 Å². The summed E-state index contributed by atoms with van der Waals surface area (Å²) in [5.41, 5.74) is 1.26. The van der Waals surface area contributed by atoms with E-state index in [0.717, 1.165) is 17.0 Å². The van der Waals surface area contributed by atoms with Crippen LogP contribution in [0.5, 0.6) is 0 Å². The summed E-state index contributed by atoms with van der Waals surface area (Å²) in [6.07, 6.45) is 2.29. The van der Waals surface area contributed by atoms with Crippen molar-refractivity contribution in [2.24, 2.45) is 0 Å². The van der Waals surface area contributed by atoms with Gasteiger partial charge in [0.15, 0.2) is 0 Å². The number of sulfonamides is 1. The van der Waals surface area contributed by atoms with E-state index >= 15 is 0 Å². The molecule has 0 aliphatic carbocycles. The first kappa shape index (κ1) is 22.0. The summed E-state index contributed by atoms with van der Waals surface area (Å²) >= 11 is 0. The number of benzene rings is 2. The monoisotopic (exact) mass is 456 g/mol. The van der Waals surface area contributed by atoms with Gasteiger partial charge in [0.25, 0.3) is 5.69 Å². The predicted molar refractivity (Wildman–Crippen MR) is 120 cm³/mol. The van der Waals surface area contributed by atoms with Crippen LogP contribution in [0.3, 0.4) is 0 Å². The Kier molecular flexibility index (Phi) is 5.98. The Balaban J connectivity index is 1.38. The number of amides is 1. The highest BCUT2D eigenvalue weighted by Crippen LogP contribution is 2.25. The number of carbonyl (C=O) groups excluding carboxylic acids is 1. The molecule has 10 heteroatoms. The molecule has 1 amide bonds. The number of nitrogens with zero attached hydrogens (tertiary/aromatic N) is 4. The average molecular weight is 457 g/mol. The Morgan fingerprint density at radius 2 is 1.78 bits per heavy atom. The van der Waals surface area contributed by atoms with E-state index in [2.05, 4.69) is 0 Å². The number of hydrogen-bond acceptors (Lipinski definition) is 5. The van der Waals surface area contributed by atoms with Gasteiger partial charge < -0.3 is 9.47 Å². The molecule has 0 N–H and O–H groups in total. The van der Waals surface area contributed by atoms with E-state index in [9.17, 15) is 23.3 Å². The van der Waals surface area contributed by atoms with Crippen molar-refractivity contribution in [3.63, 3.8) is 0 Å². The fraction of sp³-hybridized carbons (Fsp3) is 0.318. The van der Waals surface area contributed by atoms with Crippen LogP contribution in [-0.4, -0.2) is 59.2 Å². The second-order valence-corrected chi connectivity index (χ2v) is 9.72. The van der Waals surface area contributed by atoms with E-state index in [0.29, 0.717) is 31.6 Å². The van der Waals surface area contributed by atoms with Gasteiger partial charge in [-0.3, -0.25) is 14.9 Å². The van der Waals surface area contributed by atoms with E-state index in [4.69, 9.17) is 0 Å². The summed E-state index contributed by atoms with van der Waals surface area (Å²) in [5, 5.41) is 12.2. The molecule has 9 nitrogen and oxygen atoms in total. The molecular weight excluding hydrogens is 432 g/mol. The molecule has 32 heavy (non-hydrogen) atoms. The zero-order valence-electron chi connectivity index (χ0n) is 17.7. The summed E-state index contributed by atoms with van der Waals surface area (Å²) in [4.78, 5) is 24.8. The number of nitro benzene ring substituents is 1. The maximum Gasteiger partial charge on any atom is 0.270 e. The van der Waals surface area contributed by atoms with Crippen LogP contribution in [0, 0.1) is 17.0 Å². The lowest BCUT2D eigenvalue weighted by Gasteiger charge is -2.34. The molecule has 0 bridgehead atoms. The van der Waals surface area contributed by atoms with E-state index in [1.165, 1.54) is 16.4 Å². The third-order valence-corrected chi connectivity index (χ3v) is 7.88. The van der Waals surface area contributed by atoms with Crippen LogP contribution >= 0.6 is 0 Å².